The van der Waals surface area contributed by atoms with Gasteiger partial charge in [-0.2, -0.15) is 0 Å². The van der Waals surface area contributed by atoms with Crippen LogP contribution in [0, 0.1) is 0 Å². The largest absolute Gasteiger partial charge is 0.294 e. The van der Waals surface area contributed by atoms with Crippen LogP contribution in [-0.2, 0) is 4.79 Å². The molecule has 1 N–H and O–H groups in total. The van der Waals surface area contributed by atoms with Gasteiger partial charge in [0.15, 0.2) is 0 Å². The van der Waals surface area contributed by atoms with Crippen molar-refractivity contribution < 1.29 is 4.79 Å². The molecule has 0 aliphatic rings. The number of halogens is 2. The fourth-order valence-electron chi connectivity index (χ4n) is 0.0513. The molecule has 0 aromatic carbocycles. The smallest absolute Gasteiger partial charge is 0.265 e. The van der Waals surface area contributed by atoms with Crippen molar-refractivity contribution in [2.24, 2.45) is 0 Å². The first-order valence-corrected chi connectivity index (χ1v) is 3.59. The van der Waals surface area contributed by atoms with Gasteiger partial charge in [0, 0.05) is 0 Å². The molecule has 0 unspecified atom stereocenters. The number of carbonyl (C=O) groups excluding carboxylic acids is 1. The molecule has 0 spiro atoms. The topological polar surface area (TPSA) is 29.1 Å². The predicted molar refractivity (Wildman–Crippen MR) is 45.3 cm³/mol. The van der Waals surface area contributed by atoms with Gasteiger partial charge in [0.05, 0.1) is 26.4 Å². The summed E-state index contributed by atoms with van der Waals surface area (Å²) in [7, 11) is 0. The van der Waals surface area contributed by atoms with E-state index < -0.39 is 0 Å². The standard InChI is InChI=1S/C3H3I2NO/c1-2(4)3(7)6-5/h1H2,(H,6,7). The van der Waals surface area contributed by atoms with Crippen molar-refractivity contribution in [2.45, 2.75) is 0 Å². The summed E-state index contributed by atoms with van der Waals surface area (Å²) in [6, 6.07) is 0. The molecule has 7 heavy (non-hydrogen) atoms. The Bertz CT molecular complexity index is 101. The van der Waals surface area contributed by atoms with Gasteiger partial charge in [0.1, 0.15) is 0 Å². The summed E-state index contributed by atoms with van der Waals surface area (Å²) in [4.78, 5) is 10.3. The van der Waals surface area contributed by atoms with Crippen molar-refractivity contribution in [2.75, 3.05) is 0 Å². The molecule has 0 saturated carbocycles. The van der Waals surface area contributed by atoms with Gasteiger partial charge >= 0.3 is 0 Å². The summed E-state index contributed by atoms with van der Waals surface area (Å²) in [6.07, 6.45) is 0. The van der Waals surface area contributed by atoms with Crippen molar-refractivity contribution in [1.82, 2.24) is 3.53 Å². The molecule has 2 nitrogen and oxygen atoms in total. The molecular formula is C3H3I2NO. The normalized spacial score (nSPS) is 7.71. The predicted octanol–water partition coefficient (Wildman–Crippen LogP) is 1.40. The number of amides is 1. The molecule has 1 amide bonds. The molecular weight excluding hydrogens is 320 g/mol. The Kier molecular flexibility index (Phi) is 3.99. The fourth-order valence-corrected chi connectivity index (χ4v) is 1.03. The van der Waals surface area contributed by atoms with E-state index in [1.165, 1.54) is 0 Å². The first-order chi connectivity index (χ1) is 3.18. The van der Waals surface area contributed by atoms with Gasteiger partial charge in [0.2, 0.25) is 0 Å². The van der Waals surface area contributed by atoms with E-state index in [4.69, 9.17) is 0 Å². The highest BCUT2D eigenvalue weighted by molar-refractivity contribution is 14.1. The molecule has 0 saturated heterocycles. The average Bonchev–Trinajstić information content (AvgIpc) is 1.65. The Labute approximate surface area is 69.4 Å². The minimum Gasteiger partial charge on any atom is -0.294 e. The second-order valence-electron chi connectivity index (χ2n) is 0.829. The van der Waals surface area contributed by atoms with Gasteiger partial charge in [-0.1, -0.05) is 6.58 Å². The van der Waals surface area contributed by atoms with Crippen molar-refractivity contribution >= 4 is 51.4 Å². The van der Waals surface area contributed by atoms with Crippen LogP contribution in [0.1, 0.15) is 0 Å². The summed E-state index contributed by atoms with van der Waals surface area (Å²) in [5.41, 5.74) is 0. The Morgan fingerprint density at radius 2 is 2.14 bits per heavy atom. The average molecular weight is 323 g/mol. The zero-order valence-electron chi connectivity index (χ0n) is 3.37. The summed E-state index contributed by atoms with van der Waals surface area (Å²) in [5, 5.41) is 0. The molecule has 0 aliphatic carbocycles. The molecule has 0 bridgehead atoms. The zero-order valence-corrected chi connectivity index (χ0v) is 7.69. The quantitative estimate of drug-likeness (QED) is 0.441. The molecule has 4 heteroatoms. The maximum atomic E-state index is 10.3. The number of hydrogen-bond acceptors (Lipinski definition) is 1. The third-order valence-corrected chi connectivity index (χ3v) is 1.31. The Morgan fingerprint density at radius 3 is 2.14 bits per heavy atom. The lowest BCUT2D eigenvalue weighted by Crippen LogP contribution is -2.09. The van der Waals surface area contributed by atoms with Crippen LogP contribution in [0.25, 0.3) is 0 Å². The molecule has 0 atom stereocenters. The van der Waals surface area contributed by atoms with Crippen LogP contribution in [0.3, 0.4) is 0 Å². The van der Waals surface area contributed by atoms with Gasteiger partial charge in [-0.25, -0.2) is 0 Å². The van der Waals surface area contributed by atoms with E-state index in [2.05, 4.69) is 10.1 Å². The molecule has 0 aliphatic heterocycles. The number of rotatable bonds is 1. The van der Waals surface area contributed by atoms with E-state index in [0.29, 0.717) is 3.58 Å². The minimum absolute atomic E-state index is 0.124. The van der Waals surface area contributed by atoms with Crippen molar-refractivity contribution in [3.63, 3.8) is 0 Å². The van der Waals surface area contributed by atoms with Crippen LogP contribution in [0.4, 0.5) is 0 Å². The third-order valence-electron chi connectivity index (χ3n) is 0.332. The molecule has 40 valence electrons. The van der Waals surface area contributed by atoms with Gasteiger partial charge in [-0.05, 0) is 22.6 Å². The van der Waals surface area contributed by atoms with Crippen LogP contribution < -0.4 is 3.53 Å². The summed E-state index contributed by atoms with van der Waals surface area (Å²) >= 11 is 3.62. The second-order valence-corrected chi connectivity index (χ2v) is 2.67. The first kappa shape index (κ1) is 7.67. The summed E-state index contributed by atoms with van der Waals surface area (Å²) < 4.78 is 2.89. The van der Waals surface area contributed by atoms with E-state index in [9.17, 15) is 4.79 Å². The zero-order chi connectivity index (χ0) is 5.86. The number of nitrogens with one attached hydrogen (secondary N) is 1. The lowest BCUT2D eigenvalue weighted by Gasteiger charge is -1.87. The molecule has 0 aromatic rings. The van der Waals surface area contributed by atoms with E-state index in [0.717, 1.165) is 0 Å². The second kappa shape index (κ2) is 3.65. The Balaban J connectivity index is 3.58. The lowest BCUT2D eigenvalue weighted by atomic mass is 10.6. The van der Waals surface area contributed by atoms with Crippen molar-refractivity contribution in [3.05, 3.63) is 10.2 Å². The minimum atomic E-state index is -0.124. The van der Waals surface area contributed by atoms with Gasteiger partial charge in [0.25, 0.3) is 5.91 Å². The van der Waals surface area contributed by atoms with E-state index in [1.807, 2.05) is 22.6 Å². The van der Waals surface area contributed by atoms with Crippen molar-refractivity contribution in [1.29, 1.82) is 0 Å². The first-order valence-electron chi connectivity index (χ1n) is 1.44. The lowest BCUT2D eigenvalue weighted by molar-refractivity contribution is -0.114. The van der Waals surface area contributed by atoms with Gasteiger partial charge < -0.3 is 0 Å². The number of carbonyl (C=O) groups is 1. The fraction of sp³-hybridized carbons (Fsp3) is 0. The molecule has 0 radical (unpaired) electrons. The monoisotopic (exact) mass is 323 g/mol. The van der Waals surface area contributed by atoms with E-state index >= 15 is 0 Å². The number of hydrogen-bond donors (Lipinski definition) is 1. The van der Waals surface area contributed by atoms with Crippen LogP contribution in [-0.4, -0.2) is 5.91 Å². The summed E-state index contributed by atoms with van der Waals surface area (Å²) in [6.45, 7) is 3.40. The Hall–Kier alpha value is 0.670. The SMILES string of the molecule is C=C(I)C(=O)NI. The van der Waals surface area contributed by atoms with Crippen LogP contribution in [0.15, 0.2) is 10.2 Å². The van der Waals surface area contributed by atoms with Crippen LogP contribution >= 0.6 is 45.5 Å². The highest BCUT2D eigenvalue weighted by atomic mass is 127. The highest BCUT2D eigenvalue weighted by Gasteiger charge is 1.96. The summed E-state index contributed by atoms with van der Waals surface area (Å²) in [5.74, 6) is -0.124. The van der Waals surface area contributed by atoms with E-state index in [-0.39, 0.29) is 5.91 Å². The third kappa shape index (κ3) is 3.27. The molecule has 0 rings (SSSR count). The van der Waals surface area contributed by atoms with E-state index in [1.54, 1.807) is 22.9 Å². The van der Waals surface area contributed by atoms with Crippen molar-refractivity contribution in [3.8, 4) is 0 Å². The highest BCUT2D eigenvalue weighted by Crippen LogP contribution is 2.00. The molecule has 0 heterocycles. The van der Waals surface area contributed by atoms with Gasteiger partial charge in [-0.15, -0.1) is 0 Å². The Morgan fingerprint density at radius 1 is 1.71 bits per heavy atom. The maximum Gasteiger partial charge on any atom is 0.265 e. The van der Waals surface area contributed by atoms with Gasteiger partial charge in [-0.3, -0.25) is 8.32 Å². The molecule has 0 fully saturated rings. The molecule has 0 aromatic heterocycles. The maximum absolute atomic E-state index is 10.3. The van der Waals surface area contributed by atoms with Crippen LogP contribution in [0.2, 0.25) is 0 Å². The van der Waals surface area contributed by atoms with Crippen LogP contribution in [0.5, 0.6) is 0 Å².